The van der Waals surface area contributed by atoms with Gasteiger partial charge in [0.05, 0.1) is 23.3 Å². The molecule has 1 aromatic heterocycles. The zero-order valence-electron chi connectivity index (χ0n) is 8.09. The minimum Gasteiger partial charge on any atom is -0.467 e. The fraction of sp³-hybridized carbons (Fsp3) is 0.182. The maximum atomic E-state index is 9.95. The van der Waals surface area contributed by atoms with Gasteiger partial charge in [0.25, 0.3) is 6.47 Å². The number of ether oxygens (including phenoxy) is 1. The summed E-state index contributed by atoms with van der Waals surface area (Å²) in [5.41, 5.74) is 2.56. The number of carbonyl (C=O) groups is 1. The Kier molecular flexibility index (Phi) is 2.88. The van der Waals surface area contributed by atoms with E-state index in [1.165, 1.54) is 0 Å². The Morgan fingerprint density at radius 2 is 2.07 bits per heavy atom. The molecule has 2 aromatic rings. The highest BCUT2D eigenvalue weighted by atomic mass is 16.5. The highest BCUT2D eigenvalue weighted by Crippen LogP contribution is 2.08. The van der Waals surface area contributed by atoms with E-state index in [4.69, 9.17) is 0 Å². The number of rotatable bonds is 4. The number of para-hydroxylation sites is 2. The minimum absolute atomic E-state index is 0.344. The van der Waals surface area contributed by atoms with E-state index in [1.807, 2.05) is 24.3 Å². The fourth-order valence-corrected chi connectivity index (χ4v) is 1.33. The second-order valence-electron chi connectivity index (χ2n) is 3.07. The number of fused-ring (bicyclic) bond motifs is 1. The number of benzene rings is 1. The average Bonchev–Trinajstić information content (AvgIpc) is 2.29. The van der Waals surface area contributed by atoms with Crippen LogP contribution in [-0.2, 0) is 16.0 Å². The summed E-state index contributed by atoms with van der Waals surface area (Å²) in [5, 5.41) is 0. The van der Waals surface area contributed by atoms with E-state index in [0.717, 1.165) is 16.7 Å². The molecule has 1 aromatic carbocycles. The highest BCUT2D eigenvalue weighted by Gasteiger charge is 1.98. The summed E-state index contributed by atoms with van der Waals surface area (Å²) in [4.78, 5) is 18.6. The lowest BCUT2D eigenvalue weighted by Crippen LogP contribution is -2.00. The van der Waals surface area contributed by atoms with Crippen molar-refractivity contribution in [2.24, 2.45) is 0 Å². The third-order valence-electron chi connectivity index (χ3n) is 2.04. The average molecular weight is 202 g/mol. The minimum atomic E-state index is 0.344. The van der Waals surface area contributed by atoms with E-state index in [0.29, 0.717) is 19.5 Å². The molecule has 0 amide bonds. The molecular weight excluding hydrogens is 192 g/mol. The van der Waals surface area contributed by atoms with Crippen LogP contribution in [0.2, 0.25) is 0 Å². The van der Waals surface area contributed by atoms with Crippen molar-refractivity contribution in [3.8, 4) is 0 Å². The summed E-state index contributed by atoms with van der Waals surface area (Å²) in [6.07, 6.45) is 2.30. The van der Waals surface area contributed by atoms with E-state index in [-0.39, 0.29) is 0 Å². The molecule has 0 radical (unpaired) electrons. The zero-order valence-corrected chi connectivity index (χ0v) is 8.09. The Labute approximate surface area is 86.9 Å². The third-order valence-corrected chi connectivity index (χ3v) is 2.04. The van der Waals surface area contributed by atoms with Crippen molar-refractivity contribution in [2.75, 3.05) is 6.61 Å². The predicted octanol–water partition coefficient (Wildman–Crippen LogP) is 1.35. The molecule has 0 atom stereocenters. The van der Waals surface area contributed by atoms with Gasteiger partial charge in [0.15, 0.2) is 0 Å². The van der Waals surface area contributed by atoms with Crippen LogP contribution < -0.4 is 0 Å². The Morgan fingerprint density at radius 1 is 1.27 bits per heavy atom. The molecule has 0 saturated heterocycles. The predicted molar refractivity (Wildman–Crippen MR) is 55.3 cm³/mol. The van der Waals surface area contributed by atoms with E-state index < -0.39 is 0 Å². The van der Waals surface area contributed by atoms with Crippen LogP contribution in [0, 0.1) is 0 Å². The Bertz CT molecular complexity index is 471. The quantitative estimate of drug-likeness (QED) is 0.554. The molecule has 0 aliphatic heterocycles. The SMILES string of the molecule is O=COCCc1cnc2ccccc2n1. The maximum absolute atomic E-state index is 9.95. The molecule has 0 unspecified atom stereocenters. The zero-order chi connectivity index (χ0) is 10.5. The molecule has 0 N–H and O–H groups in total. The lowest BCUT2D eigenvalue weighted by atomic mass is 10.2. The lowest BCUT2D eigenvalue weighted by molar-refractivity contribution is -0.128. The van der Waals surface area contributed by atoms with Crippen molar-refractivity contribution in [2.45, 2.75) is 6.42 Å². The van der Waals surface area contributed by atoms with Gasteiger partial charge in [0.2, 0.25) is 0 Å². The summed E-state index contributed by atoms with van der Waals surface area (Å²) in [5.74, 6) is 0. The fourth-order valence-electron chi connectivity index (χ4n) is 1.33. The molecule has 0 spiro atoms. The second-order valence-corrected chi connectivity index (χ2v) is 3.07. The smallest absolute Gasteiger partial charge is 0.293 e. The van der Waals surface area contributed by atoms with E-state index in [1.54, 1.807) is 6.20 Å². The van der Waals surface area contributed by atoms with Gasteiger partial charge in [-0.05, 0) is 12.1 Å². The van der Waals surface area contributed by atoms with Gasteiger partial charge in [-0.2, -0.15) is 0 Å². The van der Waals surface area contributed by atoms with Crippen LogP contribution >= 0.6 is 0 Å². The molecule has 0 bridgehead atoms. The maximum Gasteiger partial charge on any atom is 0.293 e. The first-order chi connectivity index (χ1) is 7.40. The van der Waals surface area contributed by atoms with Crippen LogP contribution in [0.25, 0.3) is 11.0 Å². The summed E-state index contributed by atoms with van der Waals surface area (Å²) in [6, 6.07) is 7.66. The Morgan fingerprint density at radius 3 is 2.87 bits per heavy atom. The number of aromatic nitrogens is 2. The van der Waals surface area contributed by atoms with Crippen molar-refractivity contribution in [3.63, 3.8) is 0 Å². The molecular formula is C11H10N2O2. The summed E-state index contributed by atoms with van der Waals surface area (Å²) < 4.78 is 4.60. The molecule has 2 rings (SSSR count). The van der Waals surface area contributed by atoms with Crippen LogP contribution in [0.4, 0.5) is 0 Å². The van der Waals surface area contributed by atoms with Gasteiger partial charge >= 0.3 is 0 Å². The van der Waals surface area contributed by atoms with E-state index >= 15 is 0 Å². The molecule has 15 heavy (non-hydrogen) atoms. The molecule has 0 fully saturated rings. The number of carbonyl (C=O) groups excluding carboxylic acids is 1. The van der Waals surface area contributed by atoms with Crippen LogP contribution in [0.1, 0.15) is 5.69 Å². The van der Waals surface area contributed by atoms with Crippen molar-refractivity contribution in [1.29, 1.82) is 0 Å². The largest absolute Gasteiger partial charge is 0.467 e. The van der Waals surface area contributed by atoms with Crippen molar-refractivity contribution in [1.82, 2.24) is 9.97 Å². The van der Waals surface area contributed by atoms with Crippen LogP contribution in [-0.4, -0.2) is 23.0 Å². The molecule has 0 saturated carbocycles. The van der Waals surface area contributed by atoms with Gasteiger partial charge in [-0.15, -0.1) is 0 Å². The number of hydrogen-bond acceptors (Lipinski definition) is 4. The van der Waals surface area contributed by atoms with Crippen LogP contribution in [0.5, 0.6) is 0 Å². The normalized spacial score (nSPS) is 10.1. The first kappa shape index (κ1) is 9.58. The summed E-state index contributed by atoms with van der Waals surface area (Å²) in [6.45, 7) is 0.783. The van der Waals surface area contributed by atoms with Gasteiger partial charge in [-0.25, -0.2) is 4.98 Å². The van der Waals surface area contributed by atoms with Crippen LogP contribution in [0.15, 0.2) is 30.5 Å². The van der Waals surface area contributed by atoms with E-state index in [2.05, 4.69) is 14.7 Å². The van der Waals surface area contributed by atoms with Gasteiger partial charge in [-0.3, -0.25) is 9.78 Å². The highest BCUT2D eigenvalue weighted by molar-refractivity contribution is 5.73. The molecule has 4 heteroatoms. The number of hydrogen-bond donors (Lipinski definition) is 0. The second kappa shape index (κ2) is 4.50. The topological polar surface area (TPSA) is 52.1 Å². The summed E-state index contributed by atoms with van der Waals surface area (Å²) in [7, 11) is 0. The molecule has 76 valence electrons. The van der Waals surface area contributed by atoms with Gasteiger partial charge < -0.3 is 4.74 Å². The van der Waals surface area contributed by atoms with Crippen LogP contribution in [0.3, 0.4) is 0 Å². The van der Waals surface area contributed by atoms with Gasteiger partial charge in [0, 0.05) is 12.6 Å². The summed E-state index contributed by atoms with van der Waals surface area (Å²) >= 11 is 0. The molecule has 0 aliphatic rings. The van der Waals surface area contributed by atoms with Crippen molar-refractivity contribution >= 4 is 17.5 Å². The third kappa shape index (κ3) is 2.28. The van der Waals surface area contributed by atoms with Crippen molar-refractivity contribution < 1.29 is 9.53 Å². The van der Waals surface area contributed by atoms with E-state index in [9.17, 15) is 4.79 Å². The standard InChI is InChI=1S/C11H10N2O2/c14-8-15-6-5-9-7-12-10-3-1-2-4-11(10)13-9/h1-4,7-8H,5-6H2. The Hall–Kier alpha value is -1.97. The molecule has 1 heterocycles. The lowest BCUT2D eigenvalue weighted by Gasteiger charge is -2.01. The molecule has 4 nitrogen and oxygen atoms in total. The van der Waals surface area contributed by atoms with Gasteiger partial charge in [0.1, 0.15) is 0 Å². The number of nitrogens with zero attached hydrogens (tertiary/aromatic N) is 2. The van der Waals surface area contributed by atoms with Gasteiger partial charge in [-0.1, -0.05) is 12.1 Å². The molecule has 0 aliphatic carbocycles. The Balaban J connectivity index is 2.19. The first-order valence-corrected chi connectivity index (χ1v) is 4.66. The van der Waals surface area contributed by atoms with Crippen molar-refractivity contribution in [3.05, 3.63) is 36.2 Å². The monoisotopic (exact) mass is 202 g/mol. The first-order valence-electron chi connectivity index (χ1n) is 4.66.